The average molecular weight is 228 g/mol. The van der Waals surface area contributed by atoms with E-state index in [0.29, 0.717) is 5.25 Å². The van der Waals surface area contributed by atoms with Crippen molar-refractivity contribution in [2.24, 2.45) is 0 Å². The van der Waals surface area contributed by atoms with Gasteiger partial charge in [-0.15, -0.1) is 0 Å². The lowest BCUT2D eigenvalue weighted by Crippen LogP contribution is -2.30. The van der Waals surface area contributed by atoms with E-state index in [-0.39, 0.29) is 0 Å². The van der Waals surface area contributed by atoms with Gasteiger partial charge in [-0.3, -0.25) is 0 Å². The molecule has 0 saturated carbocycles. The minimum absolute atomic E-state index is 0.544. The Morgan fingerprint density at radius 3 is 2.93 bits per heavy atom. The molecule has 1 aromatic carbocycles. The highest BCUT2D eigenvalue weighted by Crippen LogP contribution is 2.36. The van der Waals surface area contributed by atoms with Crippen molar-refractivity contribution in [3.05, 3.63) is 34.9 Å². The summed E-state index contributed by atoms with van der Waals surface area (Å²) in [4.78, 5) is 2.37. The fourth-order valence-corrected chi connectivity index (χ4v) is 3.48. The van der Waals surface area contributed by atoms with Crippen molar-refractivity contribution in [2.75, 3.05) is 25.9 Å². The molecule has 3 heteroatoms. The van der Waals surface area contributed by atoms with Gasteiger partial charge in [0.1, 0.15) is 0 Å². The van der Waals surface area contributed by atoms with Crippen LogP contribution < -0.4 is 0 Å². The number of hydrogen-bond donors (Lipinski definition) is 0. The van der Waals surface area contributed by atoms with Crippen LogP contribution in [0.2, 0.25) is 5.02 Å². The average Bonchev–Trinajstić information content (AvgIpc) is 2.18. The number of benzene rings is 1. The van der Waals surface area contributed by atoms with Crippen LogP contribution in [0.5, 0.6) is 0 Å². The third kappa shape index (κ3) is 2.25. The van der Waals surface area contributed by atoms with E-state index in [4.69, 9.17) is 11.6 Å². The number of nitrogens with zero attached hydrogens (tertiary/aromatic N) is 1. The van der Waals surface area contributed by atoms with Gasteiger partial charge >= 0.3 is 0 Å². The zero-order valence-corrected chi connectivity index (χ0v) is 9.81. The van der Waals surface area contributed by atoms with Crippen LogP contribution in [-0.4, -0.2) is 30.8 Å². The first-order chi connectivity index (χ1) is 6.77. The second kappa shape index (κ2) is 4.56. The van der Waals surface area contributed by atoms with E-state index in [2.05, 4.69) is 24.1 Å². The Kier molecular flexibility index (Phi) is 3.37. The van der Waals surface area contributed by atoms with Gasteiger partial charge in [0, 0.05) is 29.1 Å². The summed E-state index contributed by atoms with van der Waals surface area (Å²) in [6.45, 7) is 2.29. The van der Waals surface area contributed by atoms with Gasteiger partial charge in [0.2, 0.25) is 0 Å². The minimum atomic E-state index is 0.544. The fourth-order valence-electron chi connectivity index (χ4n) is 1.70. The van der Waals surface area contributed by atoms with E-state index in [0.717, 1.165) is 11.6 Å². The van der Waals surface area contributed by atoms with Gasteiger partial charge in [-0.1, -0.05) is 29.8 Å². The smallest absolute Gasteiger partial charge is 0.0449 e. The topological polar surface area (TPSA) is 3.24 Å². The second-order valence-electron chi connectivity index (χ2n) is 3.64. The zero-order chi connectivity index (χ0) is 9.97. The molecule has 1 aliphatic heterocycles. The quantitative estimate of drug-likeness (QED) is 0.726. The molecule has 2 rings (SSSR count). The highest BCUT2D eigenvalue weighted by atomic mass is 35.5. The number of likely N-dealkylation sites (N-methyl/N-ethyl adjacent to an activating group) is 1. The molecule has 1 fully saturated rings. The molecular formula is C11H14ClNS. The van der Waals surface area contributed by atoms with Crippen molar-refractivity contribution in [2.45, 2.75) is 5.25 Å². The van der Waals surface area contributed by atoms with E-state index >= 15 is 0 Å². The molecule has 14 heavy (non-hydrogen) atoms. The lowest BCUT2D eigenvalue weighted by molar-refractivity contribution is 0.347. The summed E-state index contributed by atoms with van der Waals surface area (Å²) in [7, 11) is 2.17. The maximum atomic E-state index is 6.17. The molecule has 0 aromatic heterocycles. The molecule has 1 aliphatic rings. The first-order valence-corrected chi connectivity index (χ1v) is 6.24. The van der Waals surface area contributed by atoms with Crippen molar-refractivity contribution in [3.8, 4) is 0 Å². The fraction of sp³-hybridized carbons (Fsp3) is 0.455. The number of hydrogen-bond acceptors (Lipinski definition) is 2. The van der Waals surface area contributed by atoms with Crippen LogP contribution >= 0.6 is 23.4 Å². The van der Waals surface area contributed by atoms with Crippen LogP contribution in [0.4, 0.5) is 0 Å². The number of halogens is 1. The first kappa shape index (κ1) is 10.3. The third-order valence-corrected chi connectivity index (χ3v) is 4.09. The predicted molar refractivity (Wildman–Crippen MR) is 64.1 cm³/mol. The maximum Gasteiger partial charge on any atom is 0.0449 e. The molecule has 1 nitrogen and oxygen atoms in total. The molecule has 0 radical (unpaired) electrons. The molecule has 0 amide bonds. The Morgan fingerprint density at radius 1 is 1.43 bits per heavy atom. The normalized spacial score (nSPS) is 23.7. The first-order valence-electron chi connectivity index (χ1n) is 4.82. The lowest BCUT2D eigenvalue weighted by atomic mass is 10.1. The zero-order valence-electron chi connectivity index (χ0n) is 8.24. The molecule has 76 valence electrons. The third-order valence-electron chi connectivity index (χ3n) is 2.52. The van der Waals surface area contributed by atoms with Crippen LogP contribution in [0.25, 0.3) is 0 Å². The van der Waals surface area contributed by atoms with Crippen molar-refractivity contribution < 1.29 is 0 Å². The summed E-state index contributed by atoms with van der Waals surface area (Å²) in [6.07, 6.45) is 0. The standard InChI is InChI=1S/C11H14ClNS/c1-13-6-7-14-11(8-13)9-4-2-3-5-10(9)12/h2-5,11H,6-8H2,1H3. The summed E-state index contributed by atoms with van der Waals surface area (Å²) in [5.74, 6) is 1.20. The Morgan fingerprint density at radius 2 is 2.21 bits per heavy atom. The van der Waals surface area contributed by atoms with E-state index in [9.17, 15) is 0 Å². The molecular weight excluding hydrogens is 214 g/mol. The largest absolute Gasteiger partial charge is 0.304 e. The maximum absolute atomic E-state index is 6.17. The molecule has 1 aromatic rings. The van der Waals surface area contributed by atoms with Crippen molar-refractivity contribution in [3.63, 3.8) is 0 Å². The Balaban J connectivity index is 2.18. The van der Waals surface area contributed by atoms with Crippen LogP contribution in [0.3, 0.4) is 0 Å². The van der Waals surface area contributed by atoms with Gasteiger partial charge in [-0.05, 0) is 18.7 Å². The monoisotopic (exact) mass is 227 g/mol. The van der Waals surface area contributed by atoms with Crippen molar-refractivity contribution in [1.82, 2.24) is 4.90 Å². The van der Waals surface area contributed by atoms with Crippen molar-refractivity contribution in [1.29, 1.82) is 0 Å². The van der Waals surface area contributed by atoms with Crippen LogP contribution in [0.15, 0.2) is 24.3 Å². The SMILES string of the molecule is CN1CCSC(c2ccccc2Cl)C1. The summed E-state index contributed by atoms with van der Waals surface area (Å²) < 4.78 is 0. The van der Waals surface area contributed by atoms with Crippen LogP contribution in [0, 0.1) is 0 Å². The summed E-state index contributed by atoms with van der Waals surface area (Å²) >= 11 is 8.18. The molecule has 1 unspecified atom stereocenters. The predicted octanol–water partition coefficient (Wildman–Crippen LogP) is 3.06. The summed E-state index contributed by atoms with van der Waals surface area (Å²) in [6, 6.07) is 8.17. The van der Waals surface area contributed by atoms with Gasteiger partial charge in [-0.25, -0.2) is 0 Å². The molecule has 0 bridgehead atoms. The Labute approximate surface area is 94.4 Å². The highest BCUT2D eigenvalue weighted by Gasteiger charge is 2.20. The number of thioether (sulfide) groups is 1. The van der Waals surface area contributed by atoms with E-state index in [1.54, 1.807) is 0 Å². The Bertz CT molecular complexity index is 316. The van der Waals surface area contributed by atoms with Gasteiger partial charge in [0.15, 0.2) is 0 Å². The molecule has 0 N–H and O–H groups in total. The molecule has 1 saturated heterocycles. The lowest BCUT2D eigenvalue weighted by Gasteiger charge is -2.29. The van der Waals surface area contributed by atoms with Crippen LogP contribution in [0.1, 0.15) is 10.8 Å². The second-order valence-corrected chi connectivity index (χ2v) is 5.36. The van der Waals surface area contributed by atoms with Gasteiger partial charge in [0.05, 0.1) is 0 Å². The number of rotatable bonds is 1. The van der Waals surface area contributed by atoms with Gasteiger partial charge in [-0.2, -0.15) is 11.8 Å². The van der Waals surface area contributed by atoms with Gasteiger partial charge in [0.25, 0.3) is 0 Å². The minimum Gasteiger partial charge on any atom is -0.304 e. The molecule has 1 heterocycles. The van der Waals surface area contributed by atoms with E-state index < -0.39 is 0 Å². The Hall–Kier alpha value is -0.180. The summed E-state index contributed by atoms with van der Waals surface area (Å²) in [5, 5.41) is 1.45. The van der Waals surface area contributed by atoms with Crippen LogP contribution in [-0.2, 0) is 0 Å². The molecule has 1 atom stereocenters. The summed E-state index contributed by atoms with van der Waals surface area (Å²) in [5.41, 5.74) is 1.28. The van der Waals surface area contributed by atoms with E-state index in [1.165, 1.54) is 17.9 Å². The highest BCUT2D eigenvalue weighted by molar-refractivity contribution is 7.99. The van der Waals surface area contributed by atoms with E-state index in [1.807, 2.05) is 23.9 Å². The van der Waals surface area contributed by atoms with Gasteiger partial charge < -0.3 is 4.90 Å². The van der Waals surface area contributed by atoms with Crippen molar-refractivity contribution >= 4 is 23.4 Å². The molecule has 0 aliphatic carbocycles. The molecule has 0 spiro atoms.